The topological polar surface area (TPSA) is 66.5 Å². The van der Waals surface area contributed by atoms with Crippen LogP contribution in [0.1, 0.15) is 23.6 Å². The first kappa shape index (κ1) is 12.4. The molecule has 0 bridgehead atoms. The maximum Gasteiger partial charge on any atom is 0.165 e. The molecule has 0 aromatic heterocycles. The zero-order chi connectivity index (χ0) is 13.6. The van der Waals surface area contributed by atoms with Crippen LogP contribution in [-0.2, 0) is 12.1 Å². The fourth-order valence-electron chi connectivity index (χ4n) is 2.76. The molecule has 0 saturated carbocycles. The van der Waals surface area contributed by atoms with Gasteiger partial charge >= 0.3 is 0 Å². The SMILES string of the molecule is CC(O)C(N)(O)c1cccc2c1Cc1ccccc1-2. The van der Waals surface area contributed by atoms with Crippen molar-refractivity contribution in [3.8, 4) is 11.1 Å². The lowest BCUT2D eigenvalue weighted by Gasteiger charge is -2.28. The molecule has 3 heteroatoms. The summed E-state index contributed by atoms with van der Waals surface area (Å²) in [6.45, 7) is 1.50. The highest BCUT2D eigenvalue weighted by molar-refractivity contribution is 5.78. The molecular weight excluding hydrogens is 238 g/mol. The third-order valence-corrected chi connectivity index (χ3v) is 3.92. The van der Waals surface area contributed by atoms with E-state index >= 15 is 0 Å². The van der Waals surface area contributed by atoms with E-state index in [1.807, 2.05) is 24.3 Å². The zero-order valence-corrected chi connectivity index (χ0v) is 10.8. The summed E-state index contributed by atoms with van der Waals surface area (Å²) in [5.41, 5.74) is 9.30. The fourth-order valence-corrected chi connectivity index (χ4v) is 2.76. The van der Waals surface area contributed by atoms with Gasteiger partial charge < -0.3 is 10.2 Å². The number of hydrogen-bond donors (Lipinski definition) is 3. The second-order valence-electron chi connectivity index (χ2n) is 5.17. The molecule has 98 valence electrons. The van der Waals surface area contributed by atoms with Gasteiger partial charge in [0.15, 0.2) is 5.72 Å². The van der Waals surface area contributed by atoms with E-state index in [-0.39, 0.29) is 0 Å². The van der Waals surface area contributed by atoms with Gasteiger partial charge in [-0.3, -0.25) is 5.73 Å². The Bertz CT molecular complexity index is 632. The predicted molar refractivity (Wildman–Crippen MR) is 74.4 cm³/mol. The lowest BCUT2D eigenvalue weighted by Crippen LogP contribution is -2.47. The summed E-state index contributed by atoms with van der Waals surface area (Å²) >= 11 is 0. The molecule has 0 saturated heterocycles. The van der Waals surface area contributed by atoms with Crippen molar-refractivity contribution in [2.75, 3.05) is 0 Å². The van der Waals surface area contributed by atoms with Crippen molar-refractivity contribution in [3.05, 3.63) is 59.2 Å². The van der Waals surface area contributed by atoms with Gasteiger partial charge in [-0.1, -0.05) is 42.5 Å². The second-order valence-corrected chi connectivity index (χ2v) is 5.17. The highest BCUT2D eigenvalue weighted by atomic mass is 16.4. The second kappa shape index (κ2) is 4.17. The largest absolute Gasteiger partial charge is 0.389 e. The average molecular weight is 255 g/mol. The summed E-state index contributed by atoms with van der Waals surface area (Å²) in [5.74, 6) is 0. The van der Waals surface area contributed by atoms with Crippen LogP contribution in [0.2, 0.25) is 0 Å². The summed E-state index contributed by atoms with van der Waals surface area (Å²) < 4.78 is 0. The molecule has 0 heterocycles. The first-order valence-electron chi connectivity index (χ1n) is 6.41. The first-order valence-corrected chi connectivity index (χ1v) is 6.41. The van der Waals surface area contributed by atoms with E-state index in [4.69, 9.17) is 5.73 Å². The van der Waals surface area contributed by atoms with Gasteiger partial charge in [-0.25, -0.2) is 0 Å². The smallest absolute Gasteiger partial charge is 0.165 e. The predicted octanol–water partition coefficient (Wildman–Crippen LogP) is 1.74. The number of fused-ring (bicyclic) bond motifs is 3. The molecule has 1 aliphatic carbocycles. The third-order valence-electron chi connectivity index (χ3n) is 3.92. The molecule has 4 N–H and O–H groups in total. The molecule has 2 aromatic carbocycles. The van der Waals surface area contributed by atoms with Gasteiger partial charge in [-0.15, -0.1) is 0 Å². The van der Waals surface area contributed by atoms with Crippen LogP contribution in [0.25, 0.3) is 11.1 Å². The van der Waals surface area contributed by atoms with E-state index in [1.54, 1.807) is 6.07 Å². The van der Waals surface area contributed by atoms with Gasteiger partial charge in [-0.05, 0) is 35.6 Å². The van der Waals surface area contributed by atoms with Gasteiger partial charge in [0.05, 0.1) is 6.10 Å². The van der Waals surface area contributed by atoms with Gasteiger partial charge in [0.2, 0.25) is 0 Å². The Kier molecular flexibility index (Phi) is 2.71. The van der Waals surface area contributed by atoms with E-state index < -0.39 is 11.8 Å². The lowest BCUT2D eigenvalue weighted by atomic mass is 9.91. The van der Waals surface area contributed by atoms with E-state index in [9.17, 15) is 10.2 Å². The number of benzene rings is 2. The van der Waals surface area contributed by atoms with Crippen molar-refractivity contribution in [3.63, 3.8) is 0 Å². The van der Waals surface area contributed by atoms with E-state index in [0.29, 0.717) is 5.56 Å². The Balaban J connectivity index is 2.19. The van der Waals surface area contributed by atoms with E-state index in [0.717, 1.165) is 17.5 Å². The molecule has 0 spiro atoms. The molecule has 0 radical (unpaired) electrons. The van der Waals surface area contributed by atoms with Crippen molar-refractivity contribution < 1.29 is 10.2 Å². The molecule has 2 unspecified atom stereocenters. The van der Waals surface area contributed by atoms with Gasteiger partial charge in [0, 0.05) is 5.56 Å². The summed E-state index contributed by atoms with van der Waals surface area (Å²) in [7, 11) is 0. The minimum atomic E-state index is -1.71. The van der Waals surface area contributed by atoms with Crippen LogP contribution in [0.5, 0.6) is 0 Å². The van der Waals surface area contributed by atoms with Crippen LogP contribution in [0.3, 0.4) is 0 Å². The Morgan fingerprint density at radius 2 is 1.79 bits per heavy atom. The summed E-state index contributed by atoms with van der Waals surface area (Å²) in [5, 5.41) is 20.0. The van der Waals surface area contributed by atoms with Crippen LogP contribution in [0.4, 0.5) is 0 Å². The van der Waals surface area contributed by atoms with Crippen molar-refractivity contribution in [2.24, 2.45) is 5.73 Å². The van der Waals surface area contributed by atoms with Crippen LogP contribution in [0, 0.1) is 0 Å². The maximum absolute atomic E-state index is 10.3. The lowest BCUT2D eigenvalue weighted by molar-refractivity contribution is -0.0673. The molecule has 1 aliphatic rings. The number of hydrogen-bond acceptors (Lipinski definition) is 3. The highest BCUT2D eigenvalue weighted by Gasteiger charge is 2.34. The maximum atomic E-state index is 10.3. The number of aliphatic hydroxyl groups excluding tert-OH is 1. The standard InChI is InChI=1S/C16H17NO2/c1-10(18)16(17,19)15-8-4-7-13-12-6-3-2-5-11(12)9-14(13)15/h2-8,10,18-19H,9,17H2,1H3. The first-order chi connectivity index (χ1) is 9.01. The van der Waals surface area contributed by atoms with Crippen molar-refractivity contribution >= 4 is 0 Å². The summed E-state index contributed by atoms with van der Waals surface area (Å²) in [6.07, 6.45) is -0.281. The van der Waals surface area contributed by atoms with E-state index in [2.05, 4.69) is 12.1 Å². The molecule has 2 atom stereocenters. The van der Waals surface area contributed by atoms with Crippen molar-refractivity contribution in [1.82, 2.24) is 0 Å². The van der Waals surface area contributed by atoms with Gasteiger partial charge in [0.25, 0.3) is 0 Å². The quantitative estimate of drug-likeness (QED) is 0.611. The summed E-state index contributed by atoms with van der Waals surface area (Å²) in [6, 6.07) is 13.9. The van der Waals surface area contributed by atoms with E-state index in [1.165, 1.54) is 18.1 Å². The molecule has 2 aromatic rings. The Labute approximate surface area is 112 Å². The summed E-state index contributed by atoms with van der Waals surface area (Å²) in [4.78, 5) is 0. The minimum absolute atomic E-state index is 0.608. The van der Waals surface area contributed by atoms with Crippen LogP contribution in [0.15, 0.2) is 42.5 Å². The monoisotopic (exact) mass is 255 g/mol. The molecule has 0 aliphatic heterocycles. The molecule has 0 fully saturated rings. The highest BCUT2D eigenvalue weighted by Crippen LogP contribution is 2.40. The molecular formula is C16H17NO2. The normalized spacial score (nSPS) is 17.5. The fraction of sp³-hybridized carbons (Fsp3) is 0.250. The Morgan fingerprint density at radius 3 is 2.53 bits per heavy atom. The zero-order valence-electron chi connectivity index (χ0n) is 10.8. The van der Waals surface area contributed by atoms with Gasteiger partial charge in [0.1, 0.15) is 0 Å². The average Bonchev–Trinajstić information content (AvgIpc) is 2.76. The van der Waals surface area contributed by atoms with Crippen LogP contribution in [-0.4, -0.2) is 16.3 Å². The van der Waals surface area contributed by atoms with Gasteiger partial charge in [-0.2, -0.15) is 0 Å². The minimum Gasteiger partial charge on any atom is -0.389 e. The Morgan fingerprint density at radius 1 is 1.11 bits per heavy atom. The molecule has 3 nitrogen and oxygen atoms in total. The molecule has 3 rings (SSSR count). The Hall–Kier alpha value is -1.68. The van der Waals surface area contributed by atoms with Crippen LogP contribution < -0.4 is 5.73 Å². The van der Waals surface area contributed by atoms with Crippen LogP contribution >= 0.6 is 0 Å². The third kappa shape index (κ3) is 1.78. The molecule has 0 amide bonds. The molecule has 19 heavy (non-hydrogen) atoms. The van der Waals surface area contributed by atoms with Crippen molar-refractivity contribution in [1.29, 1.82) is 0 Å². The number of nitrogens with two attached hydrogens (primary N) is 1. The van der Waals surface area contributed by atoms with Crippen molar-refractivity contribution in [2.45, 2.75) is 25.2 Å². The number of rotatable bonds is 2. The number of aliphatic hydroxyl groups is 2.